The lowest BCUT2D eigenvalue weighted by Gasteiger charge is -2.24. The molecule has 2 aromatic rings. The number of rotatable bonds is 7. The number of carbonyl (C=O) groups is 3. The van der Waals surface area contributed by atoms with Crippen molar-refractivity contribution < 1.29 is 23.9 Å². The number of benzene rings is 1. The molecule has 3 fully saturated rings. The molecule has 10 nitrogen and oxygen atoms in total. The molecule has 0 bridgehead atoms. The van der Waals surface area contributed by atoms with Crippen molar-refractivity contribution in [2.24, 2.45) is 5.73 Å². The van der Waals surface area contributed by atoms with Gasteiger partial charge in [-0.25, -0.2) is 4.79 Å². The summed E-state index contributed by atoms with van der Waals surface area (Å²) in [6.45, 7) is 2.47. The topological polar surface area (TPSA) is 126 Å². The Hall–Kier alpha value is -2.86. The van der Waals surface area contributed by atoms with Gasteiger partial charge in [-0.15, -0.1) is 11.3 Å². The highest BCUT2D eigenvalue weighted by Gasteiger charge is 2.34. The van der Waals surface area contributed by atoms with Crippen LogP contribution in [0, 0.1) is 0 Å². The number of nitrogens with one attached hydrogen (secondary N) is 2. The Balaban J connectivity index is 1.29. The molecule has 3 atom stereocenters. The van der Waals surface area contributed by atoms with Crippen molar-refractivity contribution in [2.45, 2.75) is 37.5 Å². The van der Waals surface area contributed by atoms with Crippen molar-refractivity contribution in [2.75, 3.05) is 47.9 Å². The highest BCUT2D eigenvalue weighted by atomic mass is 35.5. The van der Waals surface area contributed by atoms with Gasteiger partial charge in [-0.3, -0.25) is 14.5 Å². The molecule has 5 rings (SSSR count). The summed E-state index contributed by atoms with van der Waals surface area (Å²) in [6, 6.07) is 8.88. The number of halogens is 1. The van der Waals surface area contributed by atoms with Crippen LogP contribution >= 0.6 is 22.9 Å². The molecular formula is C24H28ClN5O5S. The number of hydrogen-bond acceptors (Lipinski definition) is 8. The number of nitrogens with two attached hydrogens (primary N) is 1. The first-order chi connectivity index (χ1) is 17.4. The molecule has 192 valence electrons. The quantitative estimate of drug-likeness (QED) is 0.499. The third kappa shape index (κ3) is 5.44. The predicted octanol–water partition coefficient (Wildman–Crippen LogP) is 2.81. The van der Waals surface area contributed by atoms with E-state index in [1.165, 1.54) is 16.2 Å². The minimum Gasteiger partial charge on any atom is -0.442 e. The molecule has 1 aromatic carbocycles. The lowest BCUT2D eigenvalue weighted by molar-refractivity contribution is -0.124. The molecule has 0 radical (unpaired) electrons. The van der Waals surface area contributed by atoms with Crippen LogP contribution in [0.25, 0.3) is 0 Å². The van der Waals surface area contributed by atoms with E-state index in [4.69, 9.17) is 26.8 Å². The Kier molecular flexibility index (Phi) is 7.33. The molecule has 4 N–H and O–H groups in total. The summed E-state index contributed by atoms with van der Waals surface area (Å²) >= 11 is 7.08. The van der Waals surface area contributed by atoms with Crippen molar-refractivity contribution in [3.63, 3.8) is 0 Å². The number of hydrogen-bond donors (Lipinski definition) is 3. The smallest absolute Gasteiger partial charge is 0.414 e. The summed E-state index contributed by atoms with van der Waals surface area (Å²) in [6.07, 6.45) is 0.885. The maximum Gasteiger partial charge on any atom is 0.414 e. The minimum atomic E-state index is -0.516. The largest absolute Gasteiger partial charge is 0.442 e. The number of cyclic esters (lactones) is 1. The Bertz CT molecular complexity index is 1150. The summed E-state index contributed by atoms with van der Waals surface area (Å²) in [7, 11) is 0. The van der Waals surface area contributed by atoms with Gasteiger partial charge in [0.25, 0.3) is 11.8 Å². The summed E-state index contributed by atoms with van der Waals surface area (Å²) in [5, 5.41) is 5.79. The van der Waals surface area contributed by atoms with Crippen LogP contribution in [-0.2, 0) is 14.3 Å². The molecule has 1 aromatic heterocycles. The van der Waals surface area contributed by atoms with Crippen LogP contribution in [0.15, 0.2) is 30.3 Å². The first-order valence-corrected chi connectivity index (χ1v) is 13.2. The molecule has 36 heavy (non-hydrogen) atoms. The fourth-order valence-electron chi connectivity index (χ4n) is 4.64. The second-order valence-electron chi connectivity index (χ2n) is 9.12. The predicted molar refractivity (Wildman–Crippen MR) is 138 cm³/mol. The average molecular weight is 534 g/mol. The number of amides is 3. The lowest BCUT2D eigenvalue weighted by atomic mass is 10.1. The second kappa shape index (κ2) is 10.6. The summed E-state index contributed by atoms with van der Waals surface area (Å²) < 4.78 is 11.5. The van der Waals surface area contributed by atoms with Crippen molar-refractivity contribution in [1.29, 1.82) is 0 Å². The molecular weight excluding hydrogens is 506 g/mol. The molecule has 0 aliphatic carbocycles. The van der Waals surface area contributed by atoms with E-state index in [1.54, 1.807) is 18.2 Å². The lowest BCUT2D eigenvalue weighted by Crippen LogP contribution is -2.34. The van der Waals surface area contributed by atoms with E-state index < -0.39 is 18.3 Å². The van der Waals surface area contributed by atoms with Crippen LogP contribution < -0.4 is 26.2 Å². The van der Waals surface area contributed by atoms with Crippen LogP contribution in [-0.4, -0.2) is 68.9 Å². The molecule has 3 unspecified atom stereocenters. The van der Waals surface area contributed by atoms with E-state index in [2.05, 4.69) is 15.5 Å². The molecule has 12 heteroatoms. The zero-order chi connectivity index (χ0) is 25.2. The Labute approximate surface area is 217 Å². The number of ether oxygens (including phenoxy) is 2. The van der Waals surface area contributed by atoms with Gasteiger partial charge in [-0.05, 0) is 49.6 Å². The highest BCUT2D eigenvalue weighted by molar-refractivity contribution is 7.18. The van der Waals surface area contributed by atoms with E-state index in [-0.39, 0.29) is 30.9 Å². The van der Waals surface area contributed by atoms with E-state index in [9.17, 15) is 14.4 Å². The van der Waals surface area contributed by atoms with Crippen molar-refractivity contribution in [1.82, 2.24) is 5.32 Å². The normalized spacial score (nSPS) is 23.7. The molecule has 4 heterocycles. The highest BCUT2D eigenvalue weighted by Crippen LogP contribution is 2.35. The number of thiophene rings is 1. The first kappa shape index (κ1) is 24.8. The SMILES string of the molecule is NC1CCN(c2ccc(N3CC(CNC(=O)c4ccc(Cl)s4)OC3=O)cc2NC(=O)C2CCCO2)C1. The minimum absolute atomic E-state index is 0.0705. The molecule has 0 saturated carbocycles. The first-order valence-electron chi connectivity index (χ1n) is 12.0. The summed E-state index contributed by atoms with van der Waals surface area (Å²) in [5.41, 5.74) is 8.15. The van der Waals surface area contributed by atoms with E-state index >= 15 is 0 Å². The molecule has 3 aliphatic heterocycles. The van der Waals surface area contributed by atoms with Crippen LogP contribution in [0.4, 0.5) is 21.9 Å². The fraction of sp³-hybridized carbons (Fsp3) is 0.458. The van der Waals surface area contributed by atoms with Gasteiger partial charge in [0.2, 0.25) is 0 Å². The van der Waals surface area contributed by atoms with Crippen LogP contribution in [0.1, 0.15) is 28.9 Å². The van der Waals surface area contributed by atoms with Crippen molar-refractivity contribution in [3.8, 4) is 0 Å². The van der Waals surface area contributed by atoms with Gasteiger partial charge in [0.05, 0.1) is 33.7 Å². The monoisotopic (exact) mass is 533 g/mol. The Morgan fingerprint density at radius 2 is 2.06 bits per heavy atom. The number of carbonyl (C=O) groups excluding carboxylic acids is 3. The maximum atomic E-state index is 12.8. The Morgan fingerprint density at radius 3 is 2.75 bits per heavy atom. The van der Waals surface area contributed by atoms with Crippen molar-refractivity contribution in [3.05, 3.63) is 39.5 Å². The second-order valence-corrected chi connectivity index (χ2v) is 10.8. The summed E-state index contributed by atoms with van der Waals surface area (Å²) in [4.78, 5) is 41.9. The zero-order valence-corrected chi connectivity index (χ0v) is 21.1. The van der Waals surface area contributed by atoms with Crippen LogP contribution in [0.5, 0.6) is 0 Å². The van der Waals surface area contributed by atoms with Crippen molar-refractivity contribution >= 4 is 57.9 Å². The average Bonchev–Trinajstić information content (AvgIpc) is 3.66. The van der Waals surface area contributed by atoms with E-state index in [0.717, 1.165) is 25.1 Å². The third-order valence-electron chi connectivity index (χ3n) is 6.50. The standard InChI is InChI=1S/C24H28ClN5O5S/c25-21-6-5-20(36-21)23(32)27-11-16-13-30(24(33)35-16)15-3-4-18(29-8-7-14(26)12-29)17(10-15)28-22(31)19-2-1-9-34-19/h3-6,10,14,16,19H,1-2,7-9,11-13,26H2,(H,27,32)(H,28,31). The molecule has 3 aliphatic rings. The van der Waals surface area contributed by atoms with Gasteiger partial charge in [0, 0.05) is 31.4 Å². The third-order valence-corrected chi connectivity index (χ3v) is 7.73. The number of anilines is 3. The van der Waals surface area contributed by atoms with Gasteiger partial charge in [0.15, 0.2) is 0 Å². The molecule has 0 spiro atoms. The van der Waals surface area contributed by atoms with Crippen LogP contribution in [0.2, 0.25) is 4.34 Å². The number of nitrogens with zero attached hydrogens (tertiary/aromatic N) is 2. The molecule has 3 amide bonds. The zero-order valence-electron chi connectivity index (χ0n) is 19.6. The summed E-state index contributed by atoms with van der Waals surface area (Å²) in [5.74, 6) is -0.471. The van der Waals surface area contributed by atoms with Gasteiger partial charge < -0.3 is 30.7 Å². The van der Waals surface area contributed by atoms with E-state index in [1.807, 2.05) is 12.1 Å². The maximum absolute atomic E-state index is 12.8. The molecule has 3 saturated heterocycles. The van der Waals surface area contributed by atoms with Gasteiger partial charge in [-0.1, -0.05) is 11.6 Å². The van der Waals surface area contributed by atoms with Gasteiger partial charge in [-0.2, -0.15) is 0 Å². The van der Waals surface area contributed by atoms with Crippen LogP contribution in [0.3, 0.4) is 0 Å². The fourth-order valence-corrected chi connectivity index (χ4v) is 5.60. The Morgan fingerprint density at radius 1 is 1.19 bits per heavy atom. The van der Waals surface area contributed by atoms with Gasteiger partial charge >= 0.3 is 6.09 Å². The van der Waals surface area contributed by atoms with E-state index in [0.29, 0.717) is 40.2 Å². The van der Waals surface area contributed by atoms with Gasteiger partial charge in [0.1, 0.15) is 12.2 Å².